The van der Waals surface area contributed by atoms with E-state index in [0.29, 0.717) is 5.56 Å². The molecule has 0 spiro atoms. The van der Waals surface area contributed by atoms with Gasteiger partial charge < -0.3 is 5.32 Å². The zero-order valence-electron chi connectivity index (χ0n) is 10.3. The molecule has 2 nitrogen and oxygen atoms in total. The standard InChI is InChI=1S/C15H13BrN2/c1-10-6-7-12(9-17)14(8-10)18-13-5-3-4-11(2)15(13)16/h3-8,18H,1-2H3. The summed E-state index contributed by atoms with van der Waals surface area (Å²) in [5.74, 6) is 0. The van der Waals surface area contributed by atoms with Gasteiger partial charge in [-0.05, 0) is 59.1 Å². The van der Waals surface area contributed by atoms with Gasteiger partial charge >= 0.3 is 0 Å². The summed E-state index contributed by atoms with van der Waals surface area (Å²) in [4.78, 5) is 0. The lowest BCUT2D eigenvalue weighted by atomic mass is 10.1. The molecule has 2 aromatic rings. The van der Waals surface area contributed by atoms with Crippen LogP contribution in [0.25, 0.3) is 0 Å². The van der Waals surface area contributed by atoms with Crippen LogP contribution in [-0.2, 0) is 0 Å². The largest absolute Gasteiger partial charge is 0.354 e. The van der Waals surface area contributed by atoms with Crippen LogP contribution in [0.2, 0.25) is 0 Å². The van der Waals surface area contributed by atoms with Gasteiger partial charge in [-0.1, -0.05) is 18.2 Å². The third-order valence-corrected chi connectivity index (χ3v) is 3.81. The molecule has 0 atom stereocenters. The molecule has 0 aromatic heterocycles. The van der Waals surface area contributed by atoms with Crippen LogP contribution in [0, 0.1) is 25.2 Å². The summed E-state index contributed by atoms with van der Waals surface area (Å²) in [6, 6.07) is 14.0. The maximum absolute atomic E-state index is 9.11. The zero-order valence-corrected chi connectivity index (χ0v) is 11.9. The second-order valence-electron chi connectivity index (χ2n) is 4.22. The maximum atomic E-state index is 9.11. The number of hydrogen-bond acceptors (Lipinski definition) is 2. The predicted octanol–water partition coefficient (Wildman–Crippen LogP) is 4.68. The fourth-order valence-electron chi connectivity index (χ4n) is 1.75. The minimum absolute atomic E-state index is 0.647. The Bertz CT molecular complexity index is 627. The highest BCUT2D eigenvalue weighted by molar-refractivity contribution is 9.10. The molecule has 3 heteroatoms. The van der Waals surface area contributed by atoms with E-state index in [1.54, 1.807) is 0 Å². The first-order chi connectivity index (χ1) is 8.61. The van der Waals surface area contributed by atoms with Crippen LogP contribution < -0.4 is 5.32 Å². The molecule has 0 bridgehead atoms. The summed E-state index contributed by atoms with van der Waals surface area (Å²) in [5.41, 5.74) is 4.74. The first-order valence-electron chi connectivity index (χ1n) is 5.64. The first-order valence-corrected chi connectivity index (χ1v) is 6.44. The van der Waals surface area contributed by atoms with Crippen LogP contribution in [-0.4, -0.2) is 0 Å². The second kappa shape index (κ2) is 5.24. The minimum Gasteiger partial charge on any atom is -0.354 e. The predicted molar refractivity (Wildman–Crippen MR) is 78.1 cm³/mol. The van der Waals surface area contributed by atoms with E-state index < -0.39 is 0 Å². The second-order valence-corrected chi connectivity index (χ2v) is 5.02. The average Bonchev–Trinajstić information content (AvgIpc) is 2.35. The van der Waals surface area contributed by atoms with Gasteiger partial charge in [0.05, 0.1) is 16.9 Å². The molecule has 0 aliphatic rings. The molecular formula is C15H13BrN2. The van der Waals surface area contributed by atoms with Crippen molar-refractivity contribution in [1.29, 1.82) is 5.26 Å². The van der Waals surface area contributed by atoms with Gasteiger partial charge in [0.1, 0.15) is 6.07 Å². The van der Waals surface area contributed by atoms with E-state index in [1.807, 2.05) is 50.2 Å². The molecule has 0 fully saturated rings. The molecule has 0 unspecified atom stereocenters. The summed E-state index contributed by atoms with van der Waals surface area (Å²) >= 11 is 3.56. The van der Waals surface area contributed by atoms with Crippen molar-refractivity contribution in [1.82, 2.24) is 0 Å². The number of anilines is 2. The molecule has 0 saturated heterocycles. The number of nitriles is 1. The van der Waals surface area contributed by atoms with E-state index in [9.17, 15) is 0 Å². The molecule has 18 heavy (non-hydrogen) atoms. The van der Waals surface area contributed by atoms with E-state index >= 15 is 0 Å². The molecule has 2 rings (SSSR count). The molecule has 1 N–H and O–H groups in total. The monoisotopic (exact) mass is 300 g/mol. The molecule has 0 saturated carbocycles. The molecule has 0 amide bonds. The molecular weight excluding hydrogens is 288 g/mol. The Morgan fingerprint density at radius 2 is 1.89 bits per heavy atom. The normalized spacial score (nSPS) is 9.89. The van der Waals surface area contributed by atoms with Crippen LogP contribution in [0.5, 0.6) is 0 Å². The van der Waals surface area contributed by atoms with Gasteiger partial charge in [0.2, 0.25) is 0 Å². The SMILES string of the molecule is Cc1ccc(C#N)c(Nc2cccc(C)c2Br)c1. The summed E-state index contributed by atoms with van der Waals surface area (Å²) in [6.07, 6.45) is 0. The van der Waals surface area contributed by atoms with E-state index in [2.05, 4.69) is 27.3 Å². The molecule has 0 radical (unpaired) electrons. The smallest absolute Gasteiger partial charge is 0.101 e. The van der Waals surface area contributed by atoms with Crippen LogP contribution in [0.3, 0.4) is 0 Å². The summed E-state index contributed by atoms with van der Waals surface area (Å²) < 4.78 is 1.02. The van der Waals surface area contributed by atoms with Crippen molar-refractivity contribution in [3.05, 3.63) is 57.6 Å². The summed E-state index contributed by atoms with van der Waals surface area (Å²) in [5, 5.41) is 12.4. The number of aryl methyl sites for hydroxylation is 2. The van der Waals surface area contributed by atoms with E-state index in [-0.39, 0.29) is 0 Å². The van der Waals surface area contributed by atoms with Gasteiger partial charge in [0.25, 0.3) is 0 Å². The number of benzene rings is 2. The Morgan fingerprint density at radius 1 is 1.11 bits per heavy atom. The van der Waals surface area contributed by atoms with Crippen LogP contribution in [0.1, 0.15) is 16.7 Å². The van der Waals surface area contributed by atoms with Crippen LogP contribution in [0.15, 0.2) is 40.9 Å². The Labute approximate surface area is 115 Å². The Hall–Kier alpha value is -1.79. The van der Waals surface area contributed by atoms with Gasteiger partial charge in [0.15, 0.2) is 0 Å². The average molecular weight is 301 g/mol. The molecule has 0 aliphatic carbocycles. The maximum Gasteiger partial charge on any atom is 0.101 e. The van der Waals surface area contributed by atoms with Crippen LogP contribution >= 0.6 is 15.9 Å². The highest BCUT2D eigenvalue weighted by Gasteiger charge is 2.06. The lowest BCUT2D eigenvalue weighted by Crippen LogP contribution is -1.96. The van der Waals surface area contributed by atoms with Crippen LogP contribution in [0.4, 0.5) is 11.4 Å². The fourth-order valence-corrected chi connectivity index (χ4v) is 2.11. The number of nitrogens with one attached hydrogen (secondary N) is 1. The highest BCUT2D eigenvalue weighted by atomic mass is 79.9. The lowest BCUT2D eigenvalue weighted by molar-refractivity contribution is 1.38. The van der Waals surface area contributed by atoms with Crippen molar-refractivity contribution in [3.63, 3.8) is 0 Å². The number of hydrogen-bond donors (Lipinski definition) is 1. The Kier molecular flexibility index (Phi) is 3.69. The van der Waals surface area contributed by atoms with Crippen molar-refractivity contribution in [2.45, 2.75) is 13.8 Å². The molecule has 2 aromatic carbocycles. The first kappa shape index (κ1) is 12.7. The van der Waals surface area contributed by atoms with Crippen molar-refractivity contribution in [2.75, 3.05) is 5.32 Å². The third-order valence-electron chi connectivity index (χ3n) is 2.76. The van der Waals surface area contributed by atoms with Crippen molar-refractivity contribution >= 4 is 27.3 Å². The Balaban J connectivity index is 2.43. The lowest BCUT2D eigenvalue weighted by Gasteiger charge is -2.12. The molecule has 90 valence electrons. The summed E-state index contributed by atoms with van der Waals surface area (Å²) in [6.45, 7) is 4.05. The van der Waals surface area contributed by atoms with Gasteiger partial charge in [-0.15, -0.1) is 0 Å². The fraction of sp³-hybridized carbons (Fsp3) is 0.133. The van der Waals surface area contributed by atoms with Gasteiger partial charge in [-0.3, -0.25) is 0 Å². The van der Waals surface area contributed by atoms with Gasteiger partial charge in [-0.2, -0.15) is 5.26 Å². The topological polar surface area (TPSA) is 35.8 Å². The van der Waals surface area contributed by atoms with Crippen molar-refractivity contribution < 1.29 is 0 Å². The van der Waals surface area contributed by atoms with E-state index in [0.717, 1.165) is 27.0 Å². The minimum atomic E-state index is 0.647. The number of rotatable bonds is 2. The quantitative estimate of drug-likeness (QED) is 0.874. The number of nitrogens with zero attached hydrogens (tertiary/aromatic N) is 1. The van der Waals surface area contributed by atoms with Gasteiger partial charge in [-0.25, -0.2) is 0 Å². The highest BCUT2D eigenvalue weighted by Crippen LogP contribution is 2.30. The van der Waals surface area contributed by atoms with E-state index in [4.69, 9.17) is 5.26 Å². The third kappa shape index (κ3) is 2.55. The Morgan fingerprint density at radius 3 is 2.61 bits per heavy atom. The van der Waals surface area contributed by atoms with Crippen molar-refractivity contribution in [3.8, 4) is 6.07 Å². The van der Waals surface area contributed by atoms with Gasteiger partial charge in [0, 0.05) is 4.47 Å². The summed E-state index contributed by atoms with van der Waals surface area (Å²) in [7, 11) is 0. The number of halogens is 1. The zero-order chi connectivity index (χ0) is 13.1. The molecule has 0 aliphatic heterocycles. The van der Waals surface area contributed by atoms with Crippen molar-refractivity contribution in [2.24, 2.45) is 0 Å². The molecule has 0 heterocycles. The van der Waals surface area contributed by atoms with E-state index in [1.165, 1.54) is 0 Å².